The van der Waals surface area contributed by atoms with Gasteiger partial charge in [0, 0.05) is 49.3 Å². The minimum absolute atomic E-state index is 0.0864. The summed E-state index contributed by atoms with van der Waals surface area (Å²) >= 11 is 9.82. The molecule has 3 amide bonds. The van der Waals surface area contributed by atoms with Crippen molar-refractivity contribution in [3.05, 3.63) is 63.1 Å². The molecule has 7 nitrogen and oxygen atoms in total. The molecule has 3 N–H and O–H groups in total. The lowest BCUT2D eigenvalue weighted by molar-refractivity contribution is -0.151. The van der Waals surface area contributed by atoms with Crippen LogP contribution in [0.5, 0.6) is 0 Å². The third-order valence-corrected chi connectivity index (χ3v) is 10.8. The van der Waals surface area contributed by atoms with Gasteiger partial charge >= 0.3 is 0 Å². The number of nitrogens with zero attached hydrogens (tertiary/aromatic N) is 1. The Morgan fingerprint density at radius 2 is 1.90 bits per heavy atom. The van der Waals surface area contributed by atoms with E-state index < -0.39 is 31.4 Å². The van der Waals surface area contributed by atoms with Crippen LogP contribution in [0.4, 0.5) is 5.69 Å². The lowest BCUT2D eigenvalue weighted by Gasteiger charge is -2.53. The van der Waals surface area contributed by atoms with Gasteiger partial charge in [0.15, 0.2) is 0 Å². The Hall–Kier alpha value is -2.20. The van der Waals surface area contributed by atoms with Crippen molar-refractivity contribution in [1.82, 2.24) is 4.90 Å². The first kappa shape index (κ1) is 30.7. The molecule has 1 saturated heterocycles. The van der Waals surface area contributed by atoms with E-state index in [0.717, 1.165) is 40.7 Å². The third-order valence-electron chi connectivity index (χ3n) is 8.38. The Morgan fingerprint density at radius 1 is 1.20 bits per heavy atom. The molecule has 2 aromatic rings. The molecule has 1 aliphatic carbocycles. The van der Waals surface area contributed by atoms with Crippen molar-refractivity contribution in [3.8, 4) is 0 Å². The number of carbonyl (C=O) groups is 3. The Morgan fingerprint density at radius 3 is 2.45 bits per heavy atom. The van der Waals surface area contributed by atoms with Crippen LogP contribution in [0.2, 0.25) is 30.7 Å². The number of likely N-dealkylation sites (tertiary alicyclic amines) is 1. The van der Waals surface area contributed by atoms with E-state index in [9.17, 15) is 14.4 Å². The molecule has 216 valence electrons. The predicted octanol–water partition coefficient (Wildman–Crippen LogP) is 5.93. The van der Waals surface area contributed by atoms with Gasteiger partial charge in [0.25, 0.3) is 0 Å². The summed E-state index contributed by atoms with van der Waals surface area (Å²) in [5.41, 5.74) is 6.60. The minimum Gasteiger partial charge on any atom is -0.385 e. The molecule has 0 unspecified atom stereocenters. The van der Waals surface area contributed by atoms with E-state index in [1.165, 1.54) is 6.04 Å². The quantitative estimate of drug-likeness (QED) is 0.363. The normalized spacial score (nSPS) is 24.7. The van der Waals surface area contributed by atoms with Gasteiger partial charge in [0.2, 0.25) is 17.7 Å². The molecule has 5 rings (SSSR count). The van der Waals surface area contributed by atoms with Crippen LogP contribution in [0.15, 0.2) is 46.9 Å². The molecule has 3 atom stereocenters. The van der Waals surface area contributed by atoms with Gasteiger partial charge < -0.3 is 20.7 Å². The molecule has 0 radical (unpaired) electrons. The monoisotopic (exact) mass is 647 g/mol. The van der Waals surface area contributed by atoms with Crippen LogP contribution >= 0.6 is 27.5 Å². The highest BCUT2D eigenvalue weighted by Crippen LogP contribution is 2.64. The second kappa shape index (κ2) is 11.6. The first-order valence-electron chi connectivity index (χ1n) is 13.7. The molecular formula is C30H39BrClN3O4Si. The molecule has 0 aromatic heterocycles. The van der Waals surface area contributed by atoms with E-state index in [4.69, 9.17) is 22.1 Å². The Balaban J connectivity index is 0.000000406. The van der Waals surface area contributed by atoms with Crippen molar-refractivity contribution in [1.29, 1.82) is 0 Å². The molecule has 2 aliphatic heterocycles. The lowest BCUT2D eigenvalue weighted by Crippen LogP contribution is -2.67. The van der Waals surface area contributed by atoms with E-state index in [-0.39, 0.29) is 30.2 Å². The van der Waals surface area contributed by atoms with Gasteiger partial charge in [0.05, 0.1) is 12.6 Å². The Bertz CT molecular complexity index is 1310. The molecule has 2 heterocycles. The summed E-state index contributed by atoms with van der Waals surface area (Å²) < 4.78 is 5.80. The number of piperidine rings is 1. The van der Waals surface area contributed by atoms with Gasteiger partial charge in [-0.05, 0) is 59.7 Å². The number of halogens is 2. The van der Waals surface area contributed by atoms with E-state index >= 15 is 0 Å². The Labute approximate surface area is 251 Å². The van der Waals surface area contributed by atoms with Crippen molar-refractivity contribution in [2.45, 2.75) is 69.2 Å². The van der Waals surface area contributed by atoms with Crippen molar-refractivity contribution >= 4 is 59.0 Å². The highest BCUT2D eigenvalue weighted by Gasteiger charge is 2.69. The number of hydrogen-bond acceptors (Lipinski definition) is 4. The van der Waals surface area contributed by atoms with E-state index in [2.05, 4.69) is 47.8 Å². The SMILES string of the molecule is CC1([C@H]2N(CC(N)=O)C(=O)C[C@@H](c3cccc(Cl)c3)[C@]23C(=O)Nc2cc(Br)ccc23)CC1.COCC[Si](C)(C)C. The largest absolute Gasteiger partial charge is 0.385 e. The predicted molar refractivity (Wildman–Crippen MR) is 165 cm³/mol. The number of nitrogens with two attached hydrogens (primary N) is 1. The number of amides is 3. The summed E-state index contributed by atoms with van der Waals surface area (Å²) in [6, 6.07) is 13.9. The highest BCUT2D eigenvalue weighted by atomic mass is 79.9. The average Bonchev–Trinajstić information content (AvgIpc) is 3.54. The summed E-state index contributed by atoms with van der Waals surface area (Å²) in [5.74, 6) is -1.34. The van der Waals surface area contributed by atoms with Gasteiger partial charge in [0.1, 0.15) is 5.41 Å². The number of methoxy groups -OCH3 is 1. The maximum Gasteiger partial charge on any atom is 0.237 e. The maximum absolute atomic E-state index is 14.0. The second-order valence-corrected chi connectivity index (χ2v) is 19.6. The van der Waals surface area contributed by atoms with Crippen molar-refractivity contribution in [2.24, 2.45) is 11.1 Å². The van der Waals surface area contributed by atoms with Gasteiger partial charge in [-0.15, -0.1) is 0 Å². The number of rotatable bonds is 7. The molecule has 0 bridgehead atoms. The number of anilines is 1. The van der Waals surface area contributed by atoms with Gasteiger partial charge in [-0.3, -0.25) is 14.4 Å². The summed E-state index contributed by atoms with van der Waals surface area (Å²) in [6.45, 7) is 9.88. The third kappa shape index (κ3) is 6.03. The summed E-state index contributed by atoms with van der Waals surface area (Å²) in [4.78, 5) is 41.0. The van der Waals surface area contributed by atoms with E-state index in [1.54, 1.807) is 18.1 Å². The molecule has 2 aromatic carbocycles. The fourth-order valence-corrected chi connectivity index (χ4v) is 7.61. The van der Waals surface area contributed by atoms with Gasteiger partial charge in [-0.1, -0.05) is 72.3 Å². The standard InChI is InChI=1S/C24H23BrClN3O3.C6H16OSi/c1-23(7-8-23)21-24(16-6-5-14(25)10-18(16)28-22(24)32)17(13-3-2-4-15(26)9-13)11-20(31)29(21)12-19(27)30;1-7-5-6-8(2,3)4/h2-6,9-10,17,21H,7-8,11-12H2,1H3,(H2,27,30)(H,28,32);5-6H2,1-4H3/t17-,21+,24-;/m0./s1. The van der Waals surface area contributed by atoms with E-state index in [0.29, 0.717) is 5.02 Å². The minimum atomic E-state index is -1.06. The molecule has 1 spiro atoms. The van der Waals surface area contributed by atoms with Crippen molar-refractivity contribution < 1.29 is 19.1 Å². The van der Waals surface area contributed by atoms with Crippen LogP contribution in [0.3, 0.4) is 0 Å². The zero-order chi connectivity index (χ0) is 29.5. The van der Waals surface area contributed by atoms with Crippen LogP contribution in [-0.2, 0) is 24.5 Å². The number of fused-ring (bicyclic) bond motifs is 2. The van der Waals surface area contributed by atoms with Crippen molar-refractivity contribution in [2.75, 3.05) is 25.6 Å². The highest BCUT2D eigenvalue weighted by molar-refractivity contribution is 9.10. The summed E-state index contributed by atoms with van der Waals surface area (Å²) in [5, 5.41) is 3.62. The van der Waals surface area contributed by atoms with Crippen LogP contribution in [0.1, 0.15) is 43.2 Å². The smallest absolute Gasteiger partial charge is 0.237 e. The van der Waals surface area contributed by atoms with Crippen LogP contribution < -0.4 is 11.1 Å². The first-order valence-corrected chi connectivity index (χ1v) is 18.5. The maximum atomic E-state index is 14.0. The van der Waals surface area contributed by atoms with Gasteiger partial charge in [-0.2, -0.15) is 0 Å². The summed E-state index contributed by atoms with van der Waals surface area (Å²) in [7, 11) is 0.961. The molecule has 40 heavy (non-hydrogen) atoms. The van der Waals surface area contributed by atoms with Crippen LogP contribution in [-0.4, -0.2) is 57.0 Å². The molecule has 3 aliphatic rings. The molecular weight excluding hydrogens is 610 g/mol. The van der Waals surface area contributed by atoms with Crippen molar-refractivity contribution in [3.63, 3.8) is 0 Å². The zero-order valence-electron chi connectivity index (χ0n) is 23.9. The number of carbonyl (C=O) groups excluding carboxylic acids is 3. The molecule has 10 heteroatoms. The fourth-order valence-electron chi connectivity index (χ4n) is 6.24. The fraction of sp³-hybridized carbons (Fsp3) is 0.500. The Kier molecular flexibility index (Phi) is 8.91. The average molecular weight is 649 g/mol. The summed E-state index contributed by atoms with van der Waals surface area (Å²) in [6.07, 6.45) is 1.82. The zero-order valence-corrected chi connectivity index (χ0v) is 27.2. The van der Waals surface area contributed by atoms with Crippen LogP contribution in [0, 0.1) is 5.41 Å². The molecule has 2 fully saturated rings. The molecule has 1 saturated carbocycles. The first-order chi connectivity index (χ1) is 18.7. The number of primary amides is 1. The van der Waals surface area contributed by atoms with Gasteiger partial charge in [-0.25, -0.2) is 0 Å². The number of nitrogens with one attached hydrogen (secondary N) is 1. The topological polar surface area (TPSA) is 102 Å². The second-order valence-electron chi connectivity index (χ2n) is 12.7. The number of ether oxygens (including phenoxy) is 1. The number of benzene rings is 2. The van der Waals surface area contributed by atoms with Crippen LogP contribution in [0.25, 0.3) is 0 Å². The van der Waals surface area contributed by atoms with E-state index in [1.807, 2.05) is 36.4 Å². The lowest BCUT2D eigenvalue weighted by atomic mass is 9.56. The number of hydrogen-bond donors (Lipinski definition) is 2.